The molecule has 2 N–H and O–H groups in total. The maximum atomic E-state index is 12.4. The van der Waals surface area contributed by atoms with Crippen molar-refractivity contribution in [1.82, 2.24) is 9.88 Å². The van der Waals surface area contributed by atoms with Gasteiger partial charge in [-0.05, 0) is 25.0 Å². The largest absolute Gasteiger partial charge is 0.383 e. The summed E-state index contributed by atoms with van der Waals surface area (Å²) in [6.45, 7) is 7.08. The number of hydrogen-bond acceptors (Lipinski definition) is 5. The molecule has 6 heteroatoms. The van der Waals surface area contributed by atoms with Crippen molar-refractivity contribution in [1.29, 1.82) is 0 Å². The Bertz CT molecular complexity index is 625. The highest BCUT2D eigenvalue weighted by Crippen LogP contribution is 2.28. The Hall–Kier alpha value is -1.50. The van der Waals surface area contributed by atoms with Gasteiger partial charge in [-0.25, -0.2) is 4.98 Å². The summed E-state index contributed by atoms with van der Waals surface area (Å²) in [6, 6.07) is 7.50. The highest BCUT2D eigenvalue weighted by atomic mass is 32.1. The molecule has 2 rings (SSSR count). The van der Waals surface area contributed by atoms with E-state index in [9.17, 15) is 15.0 Å². The minimum absolute atomic E-state index is 0.352. The van der Waals surface area contributed by atoms with Crippen molar-refractivity contribution in [2.45, 2.75) is 39.4 Å². The average Bonchev–Trinajstić information content (AvgIpc) is 3.01. The zero-order valence-electron chi connectivity index (χ0n) is 13.8. The number of likely N-dealkylation sites (N-methyl/N-ethyl adjacent to an activating group) is 1. The van der Waals surface area contributed by atoms with E-state index in [0.29, 0.717) is 24.0 Å². The van der Waals surface area contributed by atoms with Gasteiger partial charge >= 0.3 is 0 Å². The topological polar surface area (TPSA) is 73.7 Å². The molecule has 5 nitrogen and oxygen atoms in total. The third-order valence-electron chi connectivity index (χ3n) is 4.04. The Morgan fingerprint density at radius 2 is 2.00 bits per heavy atom. The van der Waals surface area contributed by atoms with Crippen LogP contribution in [0.4, 0.5) is 0 Å². The molecule has 1 aromatic carbocycles. The molecule has 3 atom stereocenters. The highest BCUT2D eigenvalue weighted by molar-refractivity contribution is 7.18. The predicted octanol–water partition coefficient (Wildman–Crippen LogP) is 2.59. The lowest BCUT2D eigenvalue weighted by Crippen LogP contribution is -2.43. The molecule has 126 valence electrons. The lowest BCUT2D eigenvalue weighted by atomic mass is 10.1. The molecule has 0 fully saturated rings. The lowest BCUT2D eigenvalue weighted by molar-refractivity contribution is -0.146. The molecule has 0 saturated carbocycles. The van der Waals surface area contributed by atoms with E-state index in [1.807, 2.05) is 31.2 Å². The Labute approximate surface area is 140 Å². The van der Waals surface area contributed by atoms with Crippen LogP contribution in [0, 0.1) is 5.92 Å². The minimum Gasteiger partial charge on any atom is -0.383 e. The molecule has 0 bridgehead atoms. The van der Waals surface area contributed by atoms with Gasteiger partial charge in [0.15, 0.2) is 6.10 Å². The van der Waals surface area contributed by atoms with E-state index in [-0.39, 0.29) is 0 Å². The second-order valence-corrected chi connectivity index (χ2v) is 6.86. The Morgan fingerprint density at radius 3 is 2.61 bits per heavy atom. The van der Waals surface area contributed by atoms with Crippen molar-refractivity contribution in [2.75, 3.05) is 13.1 Å². The maximum Gasteiger partial charge on any atom is 0.254 e. The number of carbonyl (C=O) groups excluding carboxylic acids is 1. The number of rotatable bonds is 7. The zero-order chi connectivity index (χ0) is 17.0. The molecule has 2 aromatic rings. The molecule has 0 aliphatic rings. The molecule has 0 saturated heterocycles. The maximum absolute atomic E-state index is 12.4. The fraction of sp³-hybridized carbons (Fsp3) is 0.529. The fourth-order valence-electron chi connectivity index (χ4n) is 2.35. The van der Waals surface area contributed by atoms with Crippen LogP contribution >= 0.6 is 11.3 Å². The molecule has 23 heavy (non-hydrogen) atoms. The number of para-hydroxylation sites is 1. The number of benzene rings is 1. The summed E-state index contributed by atoms with van der Waals surface area (Å²) in [5, 5.41) is 21.0. The van der Waals surface area contributed by atoms with E-state index in [2.05, 4.69) is 18.8 Å². The number of carbonyl (C=O) groups is 1. The van der Waals surface area contributed by atoms with E-state index >= 15 is 0 Å². The van der Waals surface area contributed by atoms with Crippen LogP contribution in [0.1, 0.15) is 38.3 Å². The summed E-state index contributed by atoms with van der Waals surface area (Å²) in [7, 11) is 0. The number of hydrogen-bond donors (Lipinski definition) is 2. The quantitative estimate of drug-likeness (QED) is 0.815. The van der Waals surface area contributed by atoms with Crippen molar-refractivity contribution >= 4 is 27.5 Å². The van der Waals surface area contributed by atoms with Crippen molar-refractivity contribution in [3.63, 3.8) is 0 Å². The monoisotopic (exact) mass is 336 g/mol. The van der Waals surface area contributed by atoms with Gasteiger partial charge in [-0.1, -0.05) is 32.4 Å². The first-order valence-electron chi connectivity index (χ1n) is 7.98. The van der Waals surface area contributed by atoms with Crippen molar-refractivity contribution in [2.24, 2.45) is 5.92 Å². The van der Waals surface area contributed by atoms with Crippen LogP contribution < -0.4 is 0 Å². The first kappa shape index (κ1) is 17.8. The first-order valence-corrected chi connectivity index (χ1v) is 8.79. The third kappa shape index (κ3) is 4.07. The van der Waals surface area contributed by atoms with Crippen LogP contribution in [0.5, 0.6) is 0 Å². The van der Waals surface area contributed by atoms with Gasteiger partial charge in [0.25, 0.3) is 5.91 Å². The van der Waals surface area contributed by atoms with E-state index in [1.54, 1.807) is 4.90 Å². The van der Waals surface area contributed by atoms with E-state index in [1.165, 1.54) is 11.3 Å². The lowest BCUT2D eigenvalue weighted by Gasteiger charge is -2.27. The molecule has 0 aliphatic carbocycles. The second kappa shape index (κ2) is 7.86. The summed E-state index contributed by atoms with van der Waals surface area (Å²) in [5.74, 6) is -0.0924. The molecule has 0 aliphatic heterocycles. The van der Waals surface area contributed by atoms with Gasteiger partial charge in [-0.2, -0.15) is 0 Å². The predicted molar refractivity (Wildman–Crippen MR) is 92.3 cm³/mol. The second-order valence-electron chi connectivity index (χ2n) is 5.80. The Balaban J connectivity index is 2.13. The van der Waals surface area contributed by atoms with Crippen LogP contribution in [-0.2, 0) is 4.79 Å². The molecule has 1 amide bonds. The van der Waals surface area contributed by atoms with E-state index in [4.69, 9.17) is 0 Å². The minimum atomic E-state index is -1.49. The molecular weight excluding hydrogens is 312 g/mol. The Kier molecular flexibility index (Phi) is 6.10. The van der Waals surface area contributed by atoms with Gasteiger partial charge in [0.05, 0.1) is 10.2 Å². The normalized spacial score (nSPS) is 15.3. The van der Waals surface area contributed by atoms with Crippen molar-refractivity contribution in [3.05, 3.63) is 29.3 Å². The Morgan fingerprint density at radius 1 is 1.30 bits per heavy atom. The van der Waals surface area contributed by atoms with Crippen molar-refractivity contribution in [3.8, 4) is 0 Å². The molecule has 3 unspecified atom stereocenters. The SMILES string of the molecule is CCC(C)CN(CC)C(=O)C(O)C(O)c1nc2ccccc2s1. The number of amides is 1. The summed E-state index contributed by atoms with van der Waals surface area (Å²) >= 11 is 1.30. The van der Waals surface area contributed by atoms with Crippen LogP contribution in [-0.4, -0.2) is 45.2 Å². The summed E-state index contributed by atoms with van der Waals surface area (Å²) in [5.41, 5.74) is 0.762. The molecular formula is C17H24N2O3S. The van der Waals surface area contributed by atoms with Crippen molar-refractivity contribution < 1.29 is 15.0 Å². The third-order valence-corrected chi connectivity index (χ3v) is 5.14. The van der Waals surface area contributed by atoms with Crippen LogP contribution in [0.2, 0.25) is 0 Å². The fourth-order valence-corrected chi connectivity index (χ4v) is 3.34. The summed E-state index contributed by atoms with van der Waals surface area (Å²) < 4.78 is 0.924. The van der Waals surface area contributed by atoms with Crippen LogP contribution in [0.3, 0.4) is 0 Å². The van der Waals surface area contributed by atoms with Gasteiger partial charge in [0.1, 0.15) is 11.1 Å². The van der Waals surface area contributed by atoms with Gasteiger partial charge in [0.2, 0.25) is 0 Å². The van der Waals surface area contributed by atoms with Crippen LogP contribution in [0.25, 0.3) is 10.2 Å². The average molecular weight is 336 g/mol. The van der Waals surface area contributed by atoms with Gasteiger partial charge in [0, 0.05) is 13.1 Å². The van der Waals surface area contributed by atoms with Crippen LogP contribution in [0.15, 0.2) is 24.3 Å². The number of thiazole rings is 1. The zero-order valence-corrected chi connectivity index (χ0v) is 14.6. The van der Waals surface area contributed by atoms with Gasteiger partial charge in [-0.15, -0.1) is 11.3 Å². The standard InChI is InChI=1S/C17H24N2O3S/c1-4-11(3)10-19(5-2)17(22)15(21)14(20)16-18-12-8-6-7-9-13(12)23-16/h6-9,11,14-15,20-21H,4-5,10H2,1-3H3. The number of aromatic nitrogens is 1. The number of fused-ring (bicyclic) bond motifs is 1. The van der Waals surface area contributed by atoms with Gasteiger partial charge < -0.3 is 15.1 Å². The first-order chi connectivity index (χ1) is 11.0. The smallest absolute Gasteiger partial charge is 0.254 e. The number of aliphatic hydroxyl groups is 2. The van der Waals surface area contributed by atoms with E-state index < -0.39 is 18.1 Å². The van der Waals surface area contributed by atoms with Gasteiger partial charge in [-0.3, -0.25) is 4.79 Å². The summed E-state index contributed by atoms with van der Waals surface area (Å²) in [4.78, 5) is 18.4. The molecule has 0 radical (unpaired) electrons. The molecule has 1 aromatic heterocycles. The molecule has 0 spiro atoms. The highest BCUT2D eigenvalue weighted by Gasteiger charge is 2.31. The van der Waals surface area contributed by atoms with E-state index in [0.717, 1.165) is 16.6 Å². The summed E-state index contributed by atoms with van der Waals surface area (Å²) in [6.07, 6.45) is -1.83. The number of aliphatic hydroxyl groups excluding tert-OH is 2. The number of nitrogens with zero attached hydrogens (tertiary/aromatic N) is 2. The molecule has 1 heterocycles.